The average molecular weight is 219 g/mol. The van der Waals surface area contributed by atoms with E-state index >= 15 is 0 Å². The van der Waals surface area contributed by atoms with Gasteiger partial charge in [-0.2, -0.15) is 12.6 Å². The van der Waals surface area contributed by atoms with Crippen molar-refractivity contribution in [2.24, 2.45) is 0 Å². The molecular formula is C10H21NO2S. The van der Waals surface area contributed by atoms with Crippen LogP contribution in [0.2, 0.25) is 0 Å². The summed E-state index contributed by atoms with van der Waals surface area (Å²) in [6, 6.07) is 0.226. The highest BCUT2D eigenvalue weighted by Crippen LogP contribution is 2.11. The Labute approximate surface area is 91.9 Å². The minimum atomic E-state index is -0.290. The number of hydrogen-bond donors (Lipinski definition) is 2. The van der Waals surface area contributed by atoms with Crippen LogP contribution >= 0.6 is 12.6 Å². The first-order valence-electron chi connectivity index (χ1n) is 5.17. The zero-order valence-corrected chi connectivity index (χ0v) is 10.1. The normalized spacial score (nSPS) is 13.0. The number of carbonyl (C=O) groups is 1. The van der Waals surface area contributed by atoms with E-state index in [9.17, 15) is 4.79 Å². The van der Waals surface area contributed by atoms with E-state index in [4.69, 9.17) is 5.11 Å². The first kappa shape index (κ1) is 13.8. The number of aliphatic hydroxyl groups excluding tert-OH is 1. The predicted octanol–water partition coefficient (Wildman–Crippen LogP) is 1.31. The molecule has 0 aliphatic heterocycles. The van der Waals surface area contributed by atoms with Crippen molar-refractivity contribution in [3.05, 3.63) is 0 Å². The molecule has 0 spiro atoms. The molecule has 0 bridgehead atoms. The third kappa shape index (κ3) is 3.88. The van der Waals surface area contributed by atoms with Gasteiger partial charge in [-0.15, -0.1) is 0 Å². The smallest absolute Gasteiger partial charge is 0.235 e. The summed E-state index contributed by atoms with van der Waals surface area (Å²) in [4.78, 5) is 13.5. The monoisotopic (exact) mass is 219 g/mol. The highest BCUT2D eigenvalue weighted by molar-refractivity contribution is 7.81. The van der Waals surface area contributed by atoms with Crippen LogP contribution in [-0.4, -0.2) is 40.4 Å². The number of hydrogen-bond acceptors (Lipinski definition) is 3. The highest BCUT2D eigenvalue weighted by Gasteiger charge is 2.22. The molecule has 0 saturated heterocycles. The molecule has 0 aliphatic rings. The highest BCUT2D eigenvalue weighted by atomic mass is 32.1. The fourth-order valence-corrected chi connectivity index (χ4v) is 1.70. The molecule has 0 aliphatic carbocycles. The molecule has 0 aromatic carbocycles. The van der Waals surface area contributed by atoms with E-state index in [2.05, 4.69) is 26.5 Å². The van der Waals surface area contributed by atoms with E-state index in [0.717, 1.165) is 12.8 Å². The second kappa shape index (κ2) is 7.12. The molecular weight excluding hydrogens is 198 g/mol. The molecule has 0 aromatic rings. The minimum Gasteiger partial charge on any atom is -0.395 e. The van der Waals surface area contributed by atoms with Gasteiger partial charge in [0.2, 0.25) is 5.91 Å². The van der Waals surface area contributed by atoms with Crippen LogP contribution in [0.4, 0.5) is 0 Å². The number of rotatable bonds is 6. The number of amides is 1. The van der Waals surface area contributed by atoms with E-state index in [-0.39, 0.29) is 23.8 Å². The third-order valence-corrected chi connectivity index (χ3v) is 2.59. The topological polar surface area (TPSA) is 40.5 Å². The van der Waals surface area contributed by atoms with Crippen molar-refractivity contribution in [2.45, 2.75) is 44.9 Å². The molecule has 0 radical (unpaired) electrons. The molecule has 84 valence electrons. The molecule has 4 heteroatoms. The maximum absolute atomic E-state index is 11.7. The van der Waals surface area contributed by atoms with Crippen LogP contribution in [0.15, 0.2) is 0 Å². The number of carbonyl (C=O) groups excluding carboxylic acids is 1. The van der Waals surface area contributed by atoms with Gasteiger partial charge in [0.25, 0.3) is 0 Å². The van der Waals surface area contributed by atoms with Crippen molar-refractivity contribution >= 4 is 18.5 Å². The first-order chi connectivity index (χ1) is 6.58. The molecule has 0 rings (SSSR count). The zero-order chi connectivity index (χ0) is 11.1. The van der Waals surface area contributed by atoms with Crippen LogP contribution in [-0.2, 0) is 4.79 Å². The molecule has 1 amide bonds. The number of nitrogens with zero attached hydrogens (tertiary/aromatic N) is 1. The molecule has 3 nitrogen and oxygen atoms in total. The van der Waals surface area contributed by atoms with E-state index in [1.165, 1.54) is 0 Å². The molecule has 1 unspecified atom stereocenters. The Kier molecular flexibility index (Phi) is 7.01. The predicted molar refractivity (Wildman–Crippen MR) is 61.6 cm³/mol. The Morgan fingerprint density at radius 1 is 1.43 bits per heavy atom. The lowest BCUT2D eigenvalue weighted by atomic mass is 10.1. The maximum Gasteiger partial charge on any atom is 0.235 e. The number of aliphatic hydroxyl groups is 1. The SMILES string of the molecule is CCC(CC)N(CCO)C(=O)C(C)S. The van der Waals surface area contributed by atoms with Gasteiger partial charge in [-0.25, -0.2) is 0 Å². The lowest BCUT2D eigenvalue weighted by molar-refractivity contribution is -0.133. The molecule has 14 heavy (non-hydrogen) atoms. The van der Waals surface area contributed by atoms with Gasteiger partial charge in [-0.05, 0) is 19.8 Å². The molecule has 0 saturated carbocycles. The van der Waals surface area contributed by atoms with Gasteiger partial charge in [-0.3, -0.25) is 4.79 Å². The fraction of sp³-hybridized carbons (Fsp3) is 0.900. The summed E-state index contributed by atoms with van der Waals surface area (Å²) in [5.74, 6) is 0.0103. The fourth-order valence-electron chi connectivity index (χ4n) is 1.55. The Hall–Kier alpha value is -0.220. The number of thiol groups is 1. The zero-order valence-electron chi connectivity index (χ0n) is 9.23. The van der Waals surface area contributed by atoms with Gasteiger partial charge in [-0.1, -0.05) is 13.8 Å². The Morgan fingerprint density at radius 2 is 1.93 bits per heavy atom. The van der Waals surface area contributed by atoms with E-state index in [1.54, 1.807) is 11.8 Å². The Morgan fingerprint density at radius 3 is 2.21 bits per heavy atom. The molecule has 0 aromatic heterocycles. The quantitative estimate of drug-likeness (QED) is 0.661. The second-order valence-electron chi connectivity index (χ2n) is 3.40. The molecule has 1 atom stereocenters. The van der Waals surface area contributed by atoms with Crippen molar-refractivity contribution < 1.29 is 9.90 Å². The third-order valence-electron chi connectivity index (χ3n) is 2.36. The molecule has 1 N–H and O–H groups in total. The minimum absolute atomic E-state index is 0.0103. The lowest BCUT2D eigenvalue weighted by Gasteiger charge is -2.31. The van der Waals surface area contributed by atoms with Crippen LogP contribution in [0.1, 0.15) is 33.6 Å². The molecule has 0 heterocycles. The van der Waals surface area contributed by atoms with Crippen molar-refractivity contribution in [1.29, 1.82) is 0 Å². The van der Waals surface area contributed by atoms with Crippen LogP contribution < -0.4 is 0 Å². The lowest BCUT2D eigenvalue weighted by Crippen LogP contribution is -2.44. The summed E-state index contributed by atoms with van der Waals surface area (Å²) in [5.41, 5.74) is 0. The summed E-state index contributed by atoms with van der Waals surface area (Å²) >= 11 is 4.12. The van der Waals surface area contributed by atoms with Crippen molar-refractivity contribution in [3.8, 4) is 0 Å². The Balaban J connectivity index is 4.47. The van der Waals surface area contributed by atoms with Crippen LogP contribution in [0.3, 0.4) is 0 Å². The van der Waals surface area contributed by atoms with Gasteiger partial charge < -0.3 is 10.0 Å². The summed E-state index contributed by atoms with van der Waals surface area (Å²) in [5, 5.41) is 8.60. The van der Waals surface area contributed by atoms with E-state index in [0.29, 0.717) is 6.54 Å². The Bertz CT molecular complexity index is 170. The van der Waals surface area contributed by atoms with Crippen LogP contribution in [0, 0.1) is 0 Å². The second-order valence-corrected chi connectivity index (χ2v) is 4.18. The molecule has 0 fully saturated rings. The largest absolute Gasteiger partial charge is 0.395 e. The van der Waals surface area contributed by atoms with Gasteiger partial charge in [0.05, 0.1) is 11.9 Å². The summed E-state index contributed by atoms with van der Waals surface area (Å²) in [7, 11) is 0. The van der Waals surface area contributed by atoms with Crippen LogP contribution in [0.5, 0.6) is 0 Å². The van der Waals surface area contributed by atoms with Gasteiger partial charge in [0.1, 0.15) is 0 Å². The van der Waals surface area contributed by atoms with Crippen LogP contribution in [0.25, 0.3) is 0 Å². The van der Waals surface area contributed by atoms with Crippen molar-refractivity contribution in [1.82, 2.24) is 4.90 Å². The summed E-state index contributed by atoms with van der Waals surface area (Å²) < 4.78 is 0. The van der Waals surface area contributed by atoms with E-state index < -0.39 is 0 Å². The first-order valence-corrected chi connectivity index (χ1v) is 5.69. The van der Waals surface area contributed by atoms with Crippen molar-refractivity contribution in [3.63, 3.8) is 0 Å². The summed E-state index contributed by atoms with van der Waals surface area (Å²) in [6.07, 6.45) is 1.84. The standard InChI is InChI=1S/C10H21NO2S/c1-4-9(5-2)11(6-7-12)10(13)8(3)14/h8-9,12,14H,4-7H2,1-3H3. The van der Waals surface area contributed by atoms with Gasteiger partial charge >= 0.3 is 0 Å². The van der Waals surface area contributed by atoms with Gasteiger partial charge in [0.15, 0.2) is 0 Å². The maximum atomic E-state index is 11.7. The van der Waals surface area contributed by atoms with Crippen molar-refractivity contribution in [2.75, 3.05) is 13.2 Å². The van der Waals surface area contributed by atoms with E-state index in [1.807, 2.05) is 0 Å². The average Bonchev–Trinajstić information content (AvgIpc) is 2.17. The summed E-state index contributed by atoms with van der Waals surface area (Å²) in [6.45, 7) is 6.29. The van der Waals surface area contributed by atoms with Gasteiger partial charge in [0, 0.05) is 12.6 Å².